The van der Waals surface area contributed by atoms with Crippen molar-refractivity contribution in [3.8, 4) is 0 Å². The van der Waals surface area contributed by atoms with Gasteiger partial charge in [0.05, 0.1) is 12.2 Å². The van der Waals surface area contributed by atoms with Gasteiger partial charge in [-0.3, -0.25) is 0 Å². The van der Waals surface area contributed by atoms with Crippen molar-refractivity contribution in [1.82, 2.24) is 0 Å². The second-order valence-corrected chi connectivity index (χ2v) is 4.77. The molecule has 5 heteroatoms. The highest BCUT2D eigenvalue weighted by molar-refractivity contribution is 14.1. The van der Waals surface area contributed by atoms with Gasteiger partial charge in [0.2, 0.25) is 0 Å². The van der Waals surface area contributed by atoms with Gasteiger partial charge in [-0.25, -0.2) is 9.59 Å². The summed E-state index contributed by atoms with van der Waals surface area (Å²) in [4.78, 5) is 22.6. The van der Waals surface area contributed by atoms with Gasteiger partial charge < -0.3 is 9.84 Å². The van der Waals surface area contributed by atoms with Crippen molar-refractivity contribution >= 4 is 34.5 Å². The molecule has 0 fully saturated rings. The van der Waals surface area contributed by atoms with E-state index in [1.54, 1.807) is 22.6 Å². The van der Waals surface area contributed by atoms with Gasteiger partial charge in [0.1, 0.15) is 3.58 Å². The van der Waals surface area contributed by atoms with Gasteiger partial charge in [0.15, 0.2) is 0 Å². The zero-order valence-electron chi connectivity index (χ0n) is 10.3. The van der Waals surface area contributed by atoms with Crippen LogP contribution in [0.5, 0.6) is 0 Å². The fourth-order valence-electron chi connectivity index (χ4n) is 1.16. The number of carbonyl (C=O) groups is 2. The summed E-state index contributed by atoms with van der Waals surface area (Å²) in [5.74, 6) is -1.55. The number of hydrogen-bond acceptors (Lipinski definition) is 3. The second-order valence-electron chi connectivity index (χ2n) is 3.69. The zero-order valence-corrected chi connectivity index (χ0v) is 12.5. The highest BCUT2D eigenvalue weighted by atomic mass is 127. The van der Waals surface area contributed by atoms with Gasteiger partial charge in [-0.2, -0.15) is 0 Å². The first-order chi connectivity index (χ1) is 8.04. The highest BCUT2D eigenvalue weighted by Crippen LogP contribution is 2.20. The summed E-state index contributed by atoms with van der Waals surface area (Å²) in [6.07, 6.45) is 3.80. The molecule has 0 rings (SSSR count). The van der Waals surface area contributed by atoms with Crippen LogP contribution in [0.15, 0.2) is 9.15 Å². The lowest BCUT2D eigenvalue weighted by Crippen LogP contribution is -2.12. The number of esters is 1. The Hall–Kier alpha value is -0.590. The van der Waals surface area contributed by atoms with E-state index in [0.717, 1.165) is 25.7 Å². The molecule has 4 nitrogen and oxygen atoms in total. The minimum atomic E-state index is -1.03. The van der Waals surface area contributed by atoms with Crippen LogP contribution in [0.25, 0.3) is 0 Å². The van der Waals surface area contributed by atoms with Crippen molar-refractivity contribution in [2.75, 3.05) is 6.61 Å². The van der Waals surface area contributed by atoms with Crippen LogP contribution in [0.4, 0.5) is 0 Å². The average molecular weight is 354 g/mol. The van der Waals surface area contributed by atoms with E-state index in [4.69, 9.17) is 9.84 Å². The van der Waals surface area contributed by atoms with Gasteiger partial charge in [-0.15, -0.1) is 0 Å². The molecular formula is C12H19IO4. The Balaban J connectivity index is 4.57. The number of halogens is 1. The Labute approximate surface area is 116 Å². The molecule has 1 N–H and O–H groups in total. The third kappa shape index (κ3) is 6.65. The first kappa shape index (κ1) is 16.4. The lowest BCUT2D eigenvalue weighted by Gasteiger charge is -2.07. The van der Waals surface area contributed by atoms with E-state index in [0.29, 0.717) is 13.0 Å². The van der Waals surface area contributed by atoms with E-state index in [1.807, 2.05) is 13.8 Å². The van der Waals surface area contributed by atoms with Crippen LogP contribution in [-0.2, 0) is 14.3 Å². The van der Waals surface area contributed by atoms with E-state index in [9.17, 15) is 9.59 Å². The Morgan fingerprint density at radius 3 is 2.24 bits per heavy atom. The smallest absolute Gasteiger partial charge is 0.344 e. The largest absolute Gasteiger partial charge is 0.478 e. The monoisotopic (exact) mass is 354 g/mol. The van der Waals surface area contributed by atoms with Crippen molar-refractivity contribution in [2.24, 2.45) is 0 Å². The third-order valence-electron chi connectivity index (χ3n) is 2.21. The number of unbranched alkanes of at least 4 members (excludes halogenated alkanes) is 2. The summed E-state index contributed by atoms with van der Waals surface area (Å²) in [6.45, 7) is 4.33. The Morgan fingerprint density at radius 2 is 1.76 bits per heavy atom. The van der Waals surface area contributed by atoms with Crippen LogP contribution in [0.3, 0.4) is 0 Å². The molecule has 0 atom stereocenters. The molecule has 0 aromatic heterocycles. The number of ether oxygens (including phenoxy) is 1. The summed E-state index contributed by atoms with van der Waals surface area (Å²) in [5, 5.41) is 9.02. The molecule has 0 amide bonds. The molecule has 0 heterocycles. The highest BCUT2D eigenvalue weighted by Gasteiger charge is 2.18. The first-order valence-electron chi connectivity index (χ1n) is 5.83. The fourth-order valence-corrected chi connectivity index (χ4v) is 1.82. The number of carbonyl (C=O) groups excluding carboxylic acids is 1. The summed E-state index contributed by atoms with van der Waals surface area (Å²) >= 11 is 1.76. The SMILES string of the molecule is CCCCOC(=O)C(I)=C(CCCC)C(=O)O. The van der Waals surface area contributed by atoms with E-state index in [2.05, 4.69) is 0 Å². The molecule has 0 unspecified atom stereocenters. The molecule has 0 aliphatic carbocycles. The first-order valence-corrected chi connectivity index (χ1v) is 6.91. The third-order valence-corrected chi connectivity index (χ3v) is 3.31. The van der Waals surface area contributed by atoms with Crippen LogP contribution in [0.1, 0.15) is 46.0 Å². The van der Waals surface area contributed by atoms with Crippen LogP contribution in [0.2, 0.25) is 0 Å². The predicted octanol–water partition coefficient (Wildman–Crippen LogP) is 3.29. The maximum atomic E-state index is 11.6. The molecule has 98 valence electrons. The Morgan fingerprint density at radius 1 is 1.18 bits per heavy atom. The fraction of sp³-hybridized carbons (Fsp3) is 0.667. The van der Waals surface area contributed by atoms with Gasteiger partial charge >= 0.3 is 11.9 Å². The van der Waals surface area contributed by atoms with Crippen molar-refractivity contribution in [3.63, 3.8) is 0 Å². The molecule has 0 aliphatic heterocycles. The molecule has 0 bridgehead atoms. The van der Waals surface area contributed by atoms with Crippen LogP contribution in [0, 0.1) is 0 Å². The zero-order chi connectivity index (χ0) is 13.3. The van der Waals surface area contributed by atoms with Crippen molar-refractivity contribution in [3.05, 3.63) is 9.15 Å². The topological polar surface area (TPSA) is 63.6 Å². The normalized spacial score (nSPS) is 11.9. The van der Waals surface area contributed by atoms with Crippen molar-refractivity contribution < 1.29 is 19.4 Å². The van der Waals surface area contributed by atoms with Crippen molar-refractivity contribution in [2.45, 2.75) is 46.0 Å². The lowest BCUT2D eigenvalue weighted by atomic mass is 10.1. The lowest BCUT2D eigenvalue weighted by molar-refractivity contribution is -0.139. The predicted molar refractivity (Wildman–Crippen MR) is 74.1 cm³/mol. The summed E-state index contributed by atoms with van der Waals surface area (Å²) in [5.41, 5.74) is 0.161. The average Bonchev–Trinajstić information content (AvgIpc) is 2.29. The van der Waals surface area contributed by atoms with E-state index in [1.165, 1.54) is 0 Å². The van der Waals surface area contributed by atoms with E-state index >= 15 is 0 Å². The summed E-state index contributed by atoms with van der Waals surface area (Å²) in [6, 6.07) is 0. The number of aliphatic carboxylic acids is 1. The van der Waals surface area contributed by atoms with Gasteiger partial charge in [0.25, 0.3) is 0 Å². The number of carboxylic acids is 1. The van der Waals surface area contributed by atoms with Gasteiger partial charge in [0, 0.05) is 0 Å². The summed E-state index contributed by atoms with van der Waals surface area (Å²) < 4.78 is 5.18. The minimum absolute atomic E-state index is 0.161. The minimum Gasteiger partial charge on any atom is -0.478 e. The molecule has 0 aromatic rings. The Kier molecular flexibility index (Phi) is 9.11. The van der Waals surface area contributed by atoms with Gasteiger partial charge in [-0.05, 0) is 41.9 Å². The number of carboxylic acid groups (broad SMARTS) is 1. The number of hydrogen-bond donors (Lipinski definition) is 1. The second kappa shape index (κ2) is 9.44. The molecule has 0 saturated heterocycles. The quantitative estimate of drug-likeness (QED) is 0.314. The van der Waals surface area contributed by atoms with Crippen LogP contribution in [-0.4, -0.2) is 23.7 Å². The molecule has 0 saturated carbocycles. The molecular weight excluding hydrogens is 335 g/mol. The molecule has 0 radical (unpaired) electrons. The van der Waals surface area contributed by atoms with Gasteiger partial charge in [-0.1, -0.05) is 26.7 Å². The van der Waals surface area contributed by atoms with Crippen LogP contribution < -0.4 is 0 Å². The number of rotatable bonds is 8. The maximum absolute atomic E-state index is 11.6. The van der Waals surface area contributed by atoms with E-state index in [-0.39, 0.29) is 9.15 Å². The molecule has 17 heavy (non-hydrogen) atoms. The van der Waals surface area contributed by atoms with E-state index < -0.39 is 11.9 Å². The Bertz CT molecular complexity index is 297. The maximum Gasteiger partial charge on any atom is 0.344 e. The molecule has 0 spiro atoms. The molecule has 0 aromatic carbocycles. The van der Waals surface area contributed by atoms with Crippen molar-refractivity contribution in [1.29, 1.82) is 0 Å². The standard InChI is InChI=1S/C12H19IO4/c1-3-5-7-9(11(14)15)10(13)12(16)17-8-6-4-2/h3-8H2,1-2H3,(H,14,15). The molecule has 0 aliphatic rings. The summed E-state index contributed by atoms with van der Waals surface area (Å²) in [7, 11) is 0. The van der Waals surface area contributed by atoms with Crippen LogP contribution >= 0.6 is 22.6 Å².